The number of ether oxygens (including phenoxy) is 4. The van der Waals surface area contributed by atoms with Crippen LogP contribution in [0.1, 0.15) is 10.4 Å². The van der Waals surface area contributed by atoms with Crippen LogP contribution in [0.2, 0.25) is 0 Å². The van der Waals surface area contributed by atoms with Crippen molar-refractivity contribution in [2.75, 3.05) is 32.7 Å². The molecule has 9 heteroatoms. The molecule has 0 amide bonds. The minimum absolute atomic E-state index is 0.181. The Hall–Kier alpha value is -3.72. The number of esters is 1. The molecule has 3 rings (SSSR count). The number of hydrogen-bond acceptors (Lipinski definition) is 7. The lowest BCUT2D eigenvalue weighted by atomic mass is 10.2. The number of carbonyl (C=O) groups excluding carboxylic acids is 1. The van der Waals surface area contributed by atoms with E-state index in [-0.39, 0.29) is 16.2 Å². The number of benzene rings is 3. The van der Waals surface area contributed by atoms with Gasteiger partial charge in [0.25, 0.3) is 10.0 Å². The third-order valence-corrected chi connectivity index (χ3v) is 6.51. The van der Waals surface area contributed by atoms with Crippen molar-refractivity contribution in [1.29, 1.82) is 0 Å². The van der Waals surface area contributed by atoms with Crippen LogP contribution in [0.25, 0.3) is 0 Å². The van der Waals surface area contributed by atoms with Crippen LogP contribution < -0.4 is 23.3 Å². The summed E-state index contributed by atoms with van der Waals surface area (Å²) in [4.78, 5) is 12.8. The van der Waals surface area contributed by atoms with Crippen molar-refractivity contribution in [2.45, 2.75) is 4.90 Å². The maximum absolute atomic E-state index is 12.8. The van der Waals surface area contributed by atoms with E-state index in [4.69, 9.17) is 18.9 Å². The topological polar surface area (TPSA) is 91.4 Å². The Labute approximate surface area is 187 Å². The summed E-state index contributed by atoms with van der Waals surface area (Å²) in [5.41, 5.74) is 0.619. The minimum atomic E-state index is -3.71. The molecule has 0 aliphatic carbocycles. The molecule has 3 aromatic carbocycles. The molecular weight excluding hydrogens is 434 g/mol. The molecule has 8 nitrogen and oxygen atoms in total. The van der Waals surface area contributed by atoms with E-state index < -0.39 is 16.0 Å². The van der Waals surface area contributed by atoms with Crippen LogP contribution in [0.15, 0.2) is 71.6 Å². The van der Waals surface area contributed by atoms with Crippen molar-refractivity contribution in [1.82, 2.24) is 0 Å². The molecule has 0 aliphatic rings. The number of carbonyl (C=O) groups is 1. The second kappa shape index (κ2) is 9.61. The molecule has 0 atom stereocenters. The molecule has 0 unspecified atom stereocenters. The van der Waals surface area contributed by atoms with Gasteiger partial charge in [-0.1, -0.05) is 18.2 Å². The van der Waals surface area contributed by atoms with Gasteiger partial charge in [0.15, 0.2) is 11.5 Å². The third kappa shape index (κ3) is 4.62. The second-order valence-corrected chi connectivity index (χ2v) is 8.55. The van der Waals surface area contributed by atoms with Crippen LogP contribution in [-0.2, 0) is 10.0 Å². The van der Waals surface area contributed by atoms with Gasteiger partial charge in [-0.15, -0.1) is 0 Å². The Balaban J connectivity index is 1.80. The van der Waals surface area contributed by atoms with E-state index in [1.165, 1.54) is 64.8 Å². The molecule has 0 saturated heterocycles. The van der Waals surface area contributed by atoms with Crippen LogP contribution in [0.4, 0.5) is 5.69 Å². The fourth-order valence-electron chi connectivity index (χ4n) is 2.98. The first-order chi connectivity index (χ1) is 15.3. The monoisotopic (exact) mass is 457 g/mol. The smallest absolute Gasteiger partial charge is 0.343 e. The molecule has 0 aromatic heterocycles. The number of hydrogen-bond donors (Lipinski definition) is 0. The van der Waals surface area contributed by atoms with Crippen LogP contribution >= 0.6 is 0 Å². The van der Waals surface area contributed by atoms with E-state index in [0.29, 0.717) is 22.9 Å². The SMILES string of the molecule is COc1cc(C(=O)Oc2ccc(N(C)S(=O)(=O)c3ccccc3)cc2)cc(OC)c1OC. The second-order valence-electron chi connectivity index (χ2n) is 6.58. The van der Waals surface area contributed by atoms with E-state index in [9.17, 15) is 13.2 Å². The number of rotatable bonds is 8. The lowest BCUT2D eigenvalue weighted by Crippen LogP contribution is -2.26. The number of nitrogens with zero attached hydrogens (tertiary/aromatic N) is 1. The van der Waals surface area contributed by atoms with E-state index in [0.717, 1.165) is 4.31 Å². The Kier molecular flexibility index (Phi) is 6.89. The summed E-state index contributed by atoms with van der Waals surface area (Å²) in [6.45, 7) is 0. The Bertz CT molecular complexity index is 1170. The predicted molar refractivity (Wildman–Crippen MR) is 120 cm³/mol. The van der Waals surface area contributed by atoms with Gasteiger partial charge in [0.05, 0.1) is 37.5 Å². The number of sulfonamides is 1. The molecule has 0 fully saturated rings. The highest BCUT2D eigenvalue weighted by atomic mass is 32.2. The third-order valence-electron chi connectivity index (χ3n) is 4.71. The molecule has 0 bridgehead atoms. The zero-order chi connectivity index (χ0) is 23.3. The van der Waals surface area contributed by atoms with Crippen LogP contribution in [0, 0.1) is 0 Å². The van der Waals surface area contributed by atoms with Gasteiger partial charge in [-0.3, -0.25) is 4.31 Å². The van der Waals surface area contributed by atoms with Gasteiger partial charge in [-0.2, -0.15) is 0 Å². The van der Waals surface area contributed by atoms with Gasteiger partial charge in [-0.05, 0) is 48.5 Å². The fraction of sp³-hybridized carbons (Fsp3) is 0.174. The van der Waals surface area contributed by atoms with Crippen LogP contribution in [-0.4, -0.2) is 42.8 Å². The molecule has 168 valence electrons. The Morgan fingerprint density at radius 1 is 0.812 bits per heavy atom. The van der Waals surface area contributed by atoms with Crippen molar-refractivity contribution in [2.24, 2.45) is 0 Å². The lowest BCUT2D eigenvalue weighted by Gasteiger charge is -2.19. The first-order valence-corrected chi connectivity index (χ1v) is 10.9. The summed E-state index contributed by atoms with van der Waals surface area (Å²) in [6.07, 6.45) is 0. The number of methoxy groups -OCH3 is 3. The summed E-state index contributed by atoms with van der Waals surface area (Å²) in [5, 5.41) is 0. The molecule has 3 aromatic rings. The predicted octanol–water partition coefficient (Wildman–Crippen LogP) is 3.76. The van der Waals surface area contributed by atoms with Gasteiger partial charge in [-0.25, -0.2) is 13.2 Å². The quantitative estimate of drug-likeness (QED) is 0.376. The summed E-state index contributed by atoms with van der Waals surface area (Å²) in [5.74, 6) is 0.614. The molecule has 0 radical (unpaired) electrons. The Morgan fingerprint density at radius 3 is 1.88 bits per heavy atom. The molecule has 0 spiro atoms. The van der Waals surface area contributed by atoms with E-state index in [2.05, 4.69) is 0 Å². The van der Waals surface area contributed by atoms with Crippen molar-refractivity contribution in [3.63, 3.8) is 0 Å². The normalized spacial score (nSPS) is 10.9. The maximum Gasteiger partial charge on any atom is 0.343 e. The average Bonchev–Trinajstić information content (AvgIpc) is 2.83. The largest absolute Gasteiger partial charge is 0.493 e. The van der Waals surface area contributed by atoms with Gasteiger partial charge in [0.1, 0.15) is 5.75 Å². The van der Waals surface area contributed by atoms with Gasteiger partial charge < -0.3 is 18.9 Å². The highest BCUT2D eigenvalue weighted by Gasteiger charge is 2.22. The summed E-state index contributed by atoms with van der Waals surface area (Å²) in [6, 6.07) is 17.2. The first-order valence-electron chi connectivity index (χ1n) is 9.48. The van der Waals surface area contributed by atoms with Crippen molar-refractivity contribution in [3.05, 3.63) is 72.3 Å². The lowest BCUT2D eigenvalue weighted by molar-refractivity contribution is 0.0734. The van der Waals surface area contributed by atoms with Crippen molar-refractivity contribution >= 4 is 21.7 Å². The molecule has 0 aliphatic heterocycles. The molecule has 0 saturated carbocycles. The molecule has 32 heavy (non-hydrogen) atoms. The Morgan fingerprint density at radius 2 is 1.38 bits per heavy atom. The van der Waals surface area contributed by atoms with Crippen LogP contribution in [0.5, 0.6) is 23.0 Å². The maximum atomic E-state index is 12.8. The van der Waals surface area contributed by atoms with Crippen molar-refractivity contribution in [3.8, 4) is 23.0 Å². The minimum Gasteiger partial charge on any atom is -0.493 e. The van der Waals surface area contributed by atoms with E-state index in [1.807, 2.05) is 0 Å². The summed E-state index contributed by atoms with van der Waals surface area (Å²) >= 11 is 0. The zero-order valence-electron chi connectivity index (χ0n) is 18.1. The summed E-state index contributed by atoms with van der Waals surface area (Å²) < 4.78 is 47.9. The molecular formula is C23H23NO7S. The van der Waals surface area contributed by atoms with E-state index >= 15 is 0 Å². The summed E-state index contributed by atoms with van der Waals surface area (Å²) in [7, 11) is 2.12. The highest BCUT2D eigenvalue weighted by Crippen LogP contribution is 2.38. The van der Waals surface area contributed by atoms with Crippen molar-refractivity contribution < 1.29 is 32.2 Å². The first kappa shape index (κ1) is 23.0. The highest BCUT2D eigenvalue weighted by molar-refractivity contribution is 7.92. The average molecular weight is 458 g/mol. The van der Waals surface area contributed by atoms with Crippen LogP contribution in [0.3, 0.4) is 0 Å². The molecule has 0 N–H and O–H groups in total. The van der Waals surface area contributed by atoms with E-state index in [1.54, 1.807) is 30.3 Å². The zero-order valence-corrected chi connectivity index (χ0v) is 18.9. The van der Waals surface area contributed by atoms with Gasteiger partial charge in [0.2, 0.25) is 5.75 Å². The van der Waals surface area contributed by atoms with Gasteiger partial charge >= 0.3 is 5.97 Å². The number of anilines is 1. The fourth-order valence-corrected chi connectivity index (χ4v) is 4.19. The standard InChI is InChI=1S/C23H23NO7S/c1-24(32(26,27)19-8-6-5-7-9-19)17-10-12-18(13-11-17)31-23(25)16-14-20(28-2)22(30-4)21(15-16)29-3/h5-15H,1-4H3. The van der Waals surface area contributed by atoms with Gasteiger partial charge in [0, 0.05) is 7.05 Å². The molecule has 0 heterocycles.